The zero-order valence-corrected chi connectivity index (χ0v) is 23.3. The molecule has 0 aliphatic carbocycles. The molecular weight excluding hydrogens is 536 g/mol. The van der Waals surface area contributed by atoms with E-state index in [1.807, 2.05) is 37.3 Å². The van der Waals surface area contributed by atoms with Gasteiger partial charge in [0, 0.05) is 6.54 Å². The Kier molecular flexibility index (Phi) is 11.5. The van der Waals surface area contributed by atoms with Crippen molar-refractivity contribution in [2.45, 2.75) is 43.7 Å². The van der Waals surface area contributed by atoms with Crippen molar-refractivity contribution < 1.29 is 37.4 Å². The molecule has 214 valence electrons. The van der Waals surface area contributed by atoms with Crippen LogP contribution in [-0.4, -0.2) is 56.4 Å². The summed E-state index contributed by atoms with van der Waals surface area (Å²) in [6, 6.07) is 20.9. The minimum absolute atomic E-state index is 0.00991. The van der Waals surface area contributed by atoms with Crippen LogP contribution in [0.3, 0.4) is 0 Å². The SMILES string of the molecule is CCCCON([C@H](CCNC(=O)OCc1ccccc1)C(=O)O)S(=O)(=O)c1ccc(-c2ccc(OC)cc2)cc1. The van der Waals surface area contributed by atoms with Gasteiger partial charge in [0.15, 0.2) is 6.04 Å². The number of amides is 1. The molecule has 0 aromatic heterocycles. The topological polar surface area (TPSA) is 131 Å². The second-order valence-electron chi connectivity index (χ2n) is 8.83. The average Bonchev–Trinajstić information content (AvgIpc) is 2.97. The van der Waals surface area contributed by atoms with E-state index in [9.17, 15) is 23.1 Å². The molecule has 3 aromatic rings. The number of hydroxylamine groups is 1. The predicted octanol–water partition coefficient (Wildman–Crippen LogP) is 4.85. The maximum atomic E-state index is 13.6. The molecule has 1 atom stereocenters. The third-order valence-electron chi connectivity index (χ3n) is 5.97. The zero-order chi connectivity index (χ0) is 29.0. The lowest BCUT2D eigenvalue weighted by atomic mass is 10.1. The van der Waals surface area contributed by atoms with E-state index in [-0.39, 0.29) is 31.1 Å². The summed E-state index contributed by atoms with van der Waals surface area (Å²) in [6.45, 7) is 1.81. The Morgan fingerprint density at radius 1 is 0.950 bits per heavy atom. The molecule has 0 radical (unpaired) electrons. The number of carboxylic acids is 1. The van der Waals surface area contributed by atoms with Crippen LogP contribution in [0.25, 0.3) is 11.1 Å². The number of carbonyl (C=O) groups is 2. The minimum Gasteiger partial charge on any atom is -0.497 e. The molecule has 0 spiro atoms. The summed E-state index contributed by atoms with van der Waals surface area (Å²) in [5.74, 6) is -0.712. The van der Waals surface area contributed by atoms with Crippen LogP contribution in [0.2, 0.25) is 0 Å². The lowest BCUT2D eigenvalue weighted by Gasteiger charge is -2.27. The number of nitrogens with zero attached hydrogens (tertiary/aromatic N) is 1. The summed E-state index contributed by atoms with van der Waals surface area (Å²) in [4.78, 5) is 29.7. The van der Waals surface area contributed by atoms with Gasteiger partial charge in [-0.15, -0.1) is 0 Å². The first-order chi connectivity index (χ1) is 19.3. The highest BCUT2D eigenvalue weighted by Crippen LogP contribution is 2.26. The van der Waals surface area contributed by atoms with Crippen LogP contribution in [0.1, 0.15) is 31.7 Å². The number of hydrogen-bond donors (Lipinski definition) is 2. The molecule has 0 aliphatic heterocycles. The number of nitrogens with one attached hydrogen (secondary N) is 1. The third-order valence-corrected chi connectivity index (χ3v) is 7.67. The van der Waals surface area contributed by atoms with E-state index in [0.29, 0.717) is 16.6 Å². The number of unbranched alkanes of at least 4 members (excludes halogenated alkanes) is 1. The number of benzene rings is 3. The summed E-state index contributed by atoms with van der Waals surface area (Å²) in [5.41, 5.74) is 2.42. The minimum atomic E-state index is -4.37. The number of alkyl carbamates (subject to hydrolysis) is 1. The fraction of sp³-hybridized carbons (Fsp3) is 0.310. The van der Waals surface area contributed by atoms with Gasteiger partial charge >= 0.3 is 12.1 Å². The number of carbonyl (C=O) groups excluding carboxylic acids is 1. The smallest absolute Gasteiger partial charge is 0.407 e. The summed E-state index contributed by atoms with van der Waals surface area (Å²) in [6.07, 6.45) is 0.254. The van der Waals surface area contributed by atoms with E-state index in [4.69, 9.17) is 14.3 Å². The predicted molar refractivity (Wildman–Crippen MR) is 149 cm³/mol. The molecule has 1 amide bonds. The molecule has 0 bridgehead atoms. The first-order valence-corrected chi connectivity index (χ1v) is 14.3. The van der Waals surface area contributed by atoms with Gasteiger partial charge in [0.1, 0.15) is 12.4 Å². The van der Waals surface area contributed by atoms with E-state index in [1.165, 1.54) is 12.1 Å². The van der Waals surface area contributed by atoms with Crippen molar-refractivity contribution in [3.8, 4) is 16.9 Å². The first-order valence-electron chi connectivity index (χ1n) is 12.9. The van der Waals surface area contributed by atoms with Crippen molar-refractivity contribution in [1.82, 2.24) is 9.79 Å². The van der Waals surface area contributed by atoms with Crippen LogP contribution in [0.5, 0.6) is 5.75 Å². The van der Waals surface area contributed by atoms with Crippen LogP contribution in [0, 0.1) is 0 Å². The number of aliphatic carboxylic acids is 1. The van der Waals surface area contributed by atoms with E-state index in [1.54, 1.807) is 43.5 Å². The fourth-order valence-electron chi connectivity index (χ4n) is 3.74. The molecule has 0 fully saturated rings. The Morgan fingerprint density at radius 2 is 1.57 bits per heavy atom. The van der Waals surface area contributed by atoms with Gasteiger partial charge < -0.3 is 19.9 Å². The van der Waals surface area contributed by atoms with Gasteiger partial charge in [-0.1, -0.05) is 72.4 Å². The number of ether oxygens (including phenoxy) is 2. The average molecular weight is 571 g/mol. The highest BCUT2D eigenvalue weighted by molar-refractivity contribution is 7.89. The molecule has 0 saturated carbocycles. The number of sulfonamides is 1. The lowest BCUT2D eigenvalue weighted by Crippen LogP contribution is -2.46. The van der Waals surface area contributed by atoms with Gasteiger partial charge in [0.2, 0.25) is 0 Å². The van der Waals surface area contributed by atoms with Gasteiger partial charge in [-0.2, -0.15) is 0 Å². The van der Waals surface area contributed by atoms with Crippen molar-refractivity contribution in [2.24, 2.45) is 0 Å². The van der Waals surface area contributed by atoms with Gasteiger partial charge in [-0.05, 0) is 53.8 Å². The standard InChI is InChI=1S/C29H34N2O8S/c1-3-4-20-39-31(27(28(32)33)18-19-30-29(34)38-21-22-8-6-5-7-9-22)40(35,36)26-16-12-24(13-17-26)23-10-14-25(37-2)15-11-23/h5-17,27H,3-4,18-21H2,1-2H3,(H,30,34)(H,32,33)/t27-/m1/s1. The van der Waals surface area contributed by atoms with Crippen LogP contribution in [0.4, 0.5) is 4.79 Å². The number of rotatable bonds is 15. The highest BCUT2D eigenvalue weighted by atomic mass is 32.2. The number of carboxylic acid groups (broad SMARTS) is 1. The molecule has 0 heterocycles. The molecule has 0 unspecified atom stereocenters. The lowest BCUT2D eigenvalue weighted by molar-refractivity contribution is -0.163. The maximum absolute atomic E-state index is 13.6. The third kappa shape index (κ3) is 8.54. The fourth-order valence-corrected chi connectivity index (χ4v) is 5.17. The quantitative estimate of drug-likeness (QED) is 0.196. The molecule has 2 N–H and O–H groups in total. The Hall–Kier alpha value is -3.93. The van der Waals surface area contributed by atoms with Crippen molar-refractivity contribution in [3.05, 3.63) is 84.4 Å². The van der Waals surface area contributed by atoms with Crippen LogP contribution >= 0.6 is 0 Å². The Labute approximate surface area is 234 Å². The van der Waals surface area contributed by atoms with Gasteiger partial charge in [0.05, 0.1) is 18.6 Å². The molecule has 10 nitrogen and oxygen atoms in total. The number of hydrogen-bond acceptors (Lipinski definition) is 7. The summed E-state index contributed by atoms with van der Waals surface area (Å²) >= 11 is 0. The largest absolute Gasteiger partial charge is 0.497 e. The first kappa shape index (κ1) is 30.6. The molecule has 3 aromatic carbocycles. The Balaban J connectivity index is 1.72. The normalized spacial score (nSPS) is 12.1. The summed E-state index contributed by atoms with van der Waals surface area (Å²) in [5, 5.41) is 12.4. The van der Waals surface area contributed by atoms with Crippen LogP contribution in [-0.2, 0) is 31.0 Å². The van der Waals surface area contributed by atoms with Crippen molar-refractivity contribution >= 4 is 22.1 Å². The molecule has 0 aliphatic rings. The van der Waals surface area contributed by atoms with Gasteiger partial charge in [-0.3, -0.25) is 9.63 Å². The molecule has 3 rings (SSSR count). The van der Waals surface area contributed by atoms with Gasteiger partial charge in [0.25, 0.3) is 10.0 Å². The van der Waals surface area contributed by atoms with E-state index >= 15 is 0 Å². The molecular formula is C29H34N2O8S. The van der Waals surface area contributed by atoms with Crippen LogP contribution in [0.15, 0.2) is 83.8 Å². The second kappa shape index (κ2) is 15.0. The Bertz CT molecular complexity index is 1330. The van der Waals surface area contributed by atoms with Crippen molar-refractivity contribution in [1.29, 1.82) is 0 Å². The monoisotopic (exact) mass is 570 g/mol. The molecule has 0 saturated heterocycles. The molecule has 40 heavy (non-hydrogen) atoms. The van der Waals surface area contributed by atoms with Crippen molar-refractivity contribution in [3.63, 3.8) is 0 Å². The zero-order valence-electron chi connectivity index (χ0n) is 22.5. The number of methoxy groups -OCH3 is 1. The summed E-state index contributed by atoms with van der Waals surface area (Å²) in [7, 11) is -2.80. The van der Waals surface area contributed by atoms with E-state index < -0.39 is 28.1 Å². The Morgan fingerprint density at radius 3 is 2.15 bits per heavy atom. The van der Waals surface area contributed by atoms with E-state index in [2.05, 4.69) is 5.32 Å². The highest BCUT2D eigenvalue weighted by Gasteiger charge is 2.37. The maximum Gasteiger partial charge on any atom is 0.407 e. The van der Waals surface area contributed by atoms with Crippen LogP contribution < -0.4 is 10.1 Å². The summed E-state index contributed by atoms with van der Waals surface area (Å²) < 4.78 is 38.0. The van der Waals surface area contributed by atoms with Gasteiger partial charge in [-0.25, -0.2) is 13.2 Å². The van der Waals surface area contributed by atoms with Crippen molar-refractivity contribution in [2.75, 3.05) is 20.3 Å². The molecule has 11 heteroatoms. The second-order valence-corrected chi connectivity index (χ2v) is 10.6. The van der Waals surface area contributed by atoms with E-state index in [0.717, 1.165) is 23.1 Å².